The van der Waals surface area contributed by atoms with Crippen molar-refractivity contribution in [1.82, 2.24) is 15.5 Å². The number of hydrogen-bond donors (Lipinski definition) is 2. The van der Waals surface area contributed by atoms with Crippen LogP contribution in [0.25, 0.3) is 0 Å². The summed E-state index contributed by atoms with van der Waals surface area (Å²) in [6, 6.07) is 0.199. The average Bonchev–Trinajstić information content (AvgIpc) is 2.65. The van der Waals surface area contributed by atoms with E-state index in [9.17, 15) is 4.79 Å². The third-order valence-electron chi connectivity index (χ3n) is 4.13. The van der Waals surface area contributed by atoms with E-state index in [0.29, 0.717) is 10.1 Å². The van der Waals surface area contributed by atoms with Crippen molar-refractivity contribution in [3.63, 3.8) is 0 Å². The lowest BCUT2D eigenvalue weighted by atomic mass is 10.0. The van der Waals surface area contributed by atoms with E-state index in [1.54, 1.807) is 7.05 Å². The summed E-state index contributed by atoms with van der Waals surface area (Å²) < 4.78 is 0. The number of rotatable bonds is 3. The lowest BCUT2D eigenvalue weighted by Gasteiger charge is -2.03. The summed E-state index contributed by atoms with van der Waals surface area (Å²) in [7, 11) is 1.76. The van der Waals surface area contributed by atoms with Gasteiger partial charge in [0.25, 0.3) is 5.91 Å². The molecule has 1 aliphatic rings. The van der Waals surface area contributed by atoms with Crippen LogP contribution in [-0.4, -0.2) is 29.2 Å². The van der Waals surface area contributed by atoms with Crippen molar-refractivity contribution in [3.8, 4) is 0 Å². The highest BCUT2D eigenvalue weighted by Crippen LogP contribution is 2.62. The maximum absolute atomic E-state index is 12.0. The first-order valence-corrected chi connectivity index (χ1v) is 6.44. The Balaban J connectivity index is 2.04. The summed E-state index contributed by atoms with van der Waals surface area (Å²) in [5.41, 5.74) is 0.276. The summed E-state index contributed by atoms with van der Waals surface area (Å²) in [5.74, 6) is -0.132. The number of anilines is 1. The molecule has 2 rings (SSSR count). The molecule has 0 spiro atoms. The predicted molar refractivity (Wildman–Crippen MR) is 68.3 cm³/mol. The van der Waals surface area contributed by atoms with E-state index >= 15 is 0 Å². The van der Waals surface area contributed by atoms with Gasteiger partial charge in [0.1, 0.15) is 0 Å². The van der Waals surface area contributed by atoms with Crippen molar-refractivity contribution in [1.29, 1.82) is 0 Å². The lowest BCUT2D eigenvalue weighted by Crippen LogP contribution is -2.29. The van der Waals surface area contributed by atoms with Gasteiger partial charge in [-0.15, -0.1) is 10.2 Å². The van der Waals surface area contributed by atoms with Gasteiger partial charge in [-0.25, -0.2) is 0 Å². The molecule has 1 aromatic heterocycles. The van der Waals surface area contributed by atoms with Gasteiger partial charge in [-0.2, -0.15) is 0 Å². The Bertz CT molecular complexity index is 438. The van der Waals surface area contributed by atoms with E-state index in [1.807, 2.05) is 0 Å². The Hall–Kier alpha value is -1.17. The smallest absolute Gasteiger partial charge is 0.282 e. The molecule has 17 heavy (non-hydrogen) atoms. The minimum Gasteiger partial charge on any atom is -0.363 e. The molecule has 0 unspecified atom stereocenters. The second kappa shape index (κ2) is 3.66. The molecule has 1 aliphatic carbocycles. The number of nitrogens with one attached hydrogen (secondary N) is 2. The maximum Gasteiger partial charge on any atom is 0.282 e. The summed E-state index contributed by atoms with van der Waals surface area (Å²) >= 11 is 1.27. The van der Waals surface area contributed by atoms with Crippen LogP contribution in [0.4, 0.5) is 5.13 Å². The summed E-state index contributed by atoms with van der Waals surface area (Å²) in [6.45, 7) is 8.66. The van der Waals surface area contributed by atoms with Crippen molar-refractivity contribution >= 4 is 22.4 Å². The van der Waals surface area contributed by atoms with Crippen LogP contribution < -0.4 is 10.6 Å². The Morgan fingerprint density at radius 2 is 1.82 bits per heavy atom. The van der Waals surface area contributed by atoms with Gasteiger partial charge in [0.15, 0.2) is 0 Å². The zero-order chi connectivity index (χ0) is 12.8. The van der Waals surface area contributed by atoms with Gasteiger partial charge in [0, 0.05) is 13.1 Å². The van der Waals surface area contributed by atoms with Crippen molar-refractivity contribution in [3.05, 3.63) is 5.01 Å². The van der Waals surface area contributed by atoms with Crippen LogP contribution in [0, 0.1) is 10.8 Å². The molecule has 1 heterocycles. The number of amides is 1. The van der Waals surface area contributed by atoms with Crippen LogP contribution in [0.5, 0.6) is 0 Å². The zero-order valence-electron chi connectivity index (χ0n) is 10.8. The lowest BCUT2D eigenvalue weighted by molar-refractivity contribution is 0.0942. The van der Waals surface area contributed by atoms with Crippen LogP contribution in [-0.2, 0) is 0 Å². The average molecular weight is 254 g/mol. The quantitative estimate of drug-likeness (QED) is 0.862. The Morgan fingerprint density at radius 3 is 2.24 bits per heavy atom. The second-order valence-corrected chi connectivity index (χ2v) is 6.49. The predicted octanol–water partition coefficient (Wildman–Crippen LogP) is 1.74. The fraction of sp³-hybridized carbons (Fsp3) is 0.727. The van der Waals surface area contributed by atoms with E-state index in [-0.39, 0.29) is 22.8 Å². The molecular weight excluding hydrogens is 236 g/mol. The van der Waals surface area contributed by atoms with E-state index < -0.39 is 0 Å². The van der Waals surface area contributed by atoms with Gasteiger partial charge in [0.05, 0.1) is 0 Å². The molecule has 94 valence electrons. The van der Waals surface area contributed by atoms with Crippen molar-refractivity contribution in [2.45, 2.75) is 33.7 Å². The molecule has 0 aromatic carbocycles. The van der Waals surface area contributed by atoms with Gasteiger partial charge in [0.2, 0.25) is 10.1 Å². The first-order valence-electron chi connectivity index (χ1n) is 5.63. The summed E-state index contributed by atoms with van der Waals surface area (Å²) in [4.78, 5) is 12.0. The fourth-order valence-corrected chi connectivity index (χ4v) is 2.77. The largest absolute Gasteiger partial charge is 0.363 e. The normalized spacial score (nSPS) is 21.0. The summed E-state index contributed by atoms with van der Waals surface area (Å²) in [5, 5.41) is 14.7. The highest BCUT2D eigenvalue weighted by molar-refractivity contribution is 7.17. The first kappa shape index (κ1) is 12.3. The number of carbonyl (C=O) groups is 1. The third-order valence-corrected chi connectivity index (χ3v) is 5.07. The molecular formula is C11H18N4OS. The van der Waals surface area contributed by atoms with E-state index in [0.717, 1.165) is 0 Å². The Morgan fingerprint density at radius 1 is 1.24 bits per heavy atom. The van der Waals surface area contributed by atoms with Crippen molar-refractivity contribution in [2.24, 2.45) is 10.8 Å². The van der Waals surface area contributed by atoms with Crippen LogP contribution in [0.1, 0.15) is 37.5 Å². The molecule has 2 N–H and O–H groups in total. The zero-order valence-corrected chi connectivity index (χ0v) is 11.6. The number of hydrogen-bond acceptors (Lipinski definition) is 5. The molecule has 1 fully saturated rings. The standard InChI is InChI=1S/C11H18N4OS/c1-10(2)8(11(10,3)4)13-6(16)7-14-15-9(12-5)17-7/h8H,1-5H3,(H,12,15)(H,13,16). The molecule has 1 saturated carbocycles. The van der Waals surface area contributed by atoms with E-state index in [4.69, 9.17) is 0 Å². The topological polar surface area (TPSA) is 66.9 Å². The van der Waals surface area contributed by atoms with Crippen molar-refractivity contribution < 1.29 is 4.79 Å². The van der Waals surface area contributed by atoms with Gasteiger partial charge < -0.3 is 10.6 Å². The number of aromatic nitrogens is 2. The molecule has 0 radical (unpaired) electrons. The number of carbonyl (C=O) groups excluding carboxylic acids is 1. The summed E-state index contributed by atoms with van der Waals surface area (Å²) in [6.07, 6.45) is 0. The maximum atomic E-state index is 12.0. The molecule has 5 nitrogen and oxygen atoms in total. The van der Waals surface area contributed by atoms with Gasteiger partial charge in [-0.05, 0) is 10.8 Å². The van der Waals surface area contributed by atoms with Crippen molar-refractivity contribution in [2.75, 3.05) is 12.4 Å². The van der Waals surface area contributed by atoms with E-state index in [1.165, 1.54) is 11.3 Å². The molecule has 6 heteroatoms. The molecule has 0 aliphatic heterocycles. The highest BCUT2D eigenvalue weighted by atomic mass is 32.1. The molecule has 1 aromatic rings. The minimum atomic E-state index is -0.132. The highest BCUT2D eigenvalue weighted by Gasteiger charge is 2.65. The third kappa shape index (κ3) is 1.80. The Labute approximate surface area is 105 Å². The minimum absolute atomic E-state index is 0.132. The molecule has 1 amide bonds. The SMILES string of the molecule is CNc1nnc(C(=O)NC2C(C)(C)C2(C)C)s1. The van der Waals surface area contributed by atoms with Crippen LogP contribution in [0.3, 0.4) is 0 Å². The van der Waals surface area contributed by atoms with Gasteiger partial charge >= 0.3 is 0 Å². The Kier molecular flexibility index (Phi) is 2.65. The number of nitrogens with zero attached hydrogens (tertiary/aromatic N) is 2. The molecule has 0 atom stereocenters. The molecule has 0 bridgehead atoms. The monoisotopic (exact) mass is 254 g/mol. The van der Waals surface area contributed by atoms with Gasteiger partial charge in [-0.3, -0.25) is 4.79 Å². The first-order chi connectivity index (χ1) is 7.80. The van der Waals surface area contributed by atoms with Crippen LogP contribution >= 0.6 is 11.3 Å². The van der Waals surface area contributed by atoms with E-state index in [2.05, 4.69) is 48.5 Å². The fourth-order valence-electron chi connectivity index (χ4n) is 2.17. The molecule has 0 saturated heterocycles. The van der Waals surface area contributed by atoms with Crippen LogP contribution in [0.2, 0.25) is 0 Å². The van der Waals surface area contributed by atoms with Crippen LogP contribution in [0.15, 0.2) is 0 Å². The second-order valence-electron chi connectivity index (χ2n) is 5.51. The van der Waals surface area contributed by atoms with Gasteiger partial charge in [-0.1, -0.05) is 39.0 Å².